The summed E-state index contributed by atoms with van der Waals surface area (Å²) in [5.41, 5.74) is 0. The van der Waals surface area contributed by atoms with Crippen molar-refractivity contribution in [2.75, 3.05) is 13.2 Å². The van der Waals surface area contributed by atoms with Crippen molar-refractivity contribution < 1.29 is 28.3 Å². The molecule has 118 valence electrons. The van der Waals surface area contributed by atoms with Gasteiger partial charge in [0.05, 0.1) is 19.3 Å². The minimum absolute atomic E-state index is 0.234. The number of hydrogen-bond acceptors (Lipinski definition) is 7. The van der Waals surface area contributed by atoms with Crippen LogP contribution in [0.3, 0.4) is 0 Å². The van der Waals surface area contributed by atoms with E-state index in [1.807, 2.05) is 0 Å². The lowest BCUT2D eigenvalue weighted by atomic mass is 10.2. The minimum Gasteiger partial charge on any atom is -0.343 e. The first kappa shape index (κ1) is 16.4. The summed E-state index contributed by atoms with van der Waals surface area (Å²) in [4.78, 5) is 0. The van der Waals surface area contributed by atoms with Gasteiger partial charge in [-0.1, -0.05) is 0 Å². The second kappa shape index (κ2) is 5.65. The highest BCUT2D eigenvalue weighted by Gasteiger charge is 2.63. The quantitative estimate of drug-likeness (QED) is 0.780. The molecule has 2 fully saturated rings. The highest BCUT2D eigenvalue weighted by atomic mass is 31.2. The van der Waals surface area contributed by atoms with Crippen LogP contribution in [0.25, 0.3) is 0 Å². The van der Waals surface area contributed by atoms with Gasteiger partial charge in [-0.2, -0.15) is 5.06 Å². The molecule has 8 heteroatoms. The van der Waals surface area contributed by atoms with E-state index in [-0.39, 0.29) is 25.4 Å². The number of fused-ring (bicyclic) bond motifs is 1. The Bertz CT molecular complexity index is 393. The van der Waals surface area contributed by atoms with E-state index in [4.69, 9.17) is 18.5 Å². The Morgan fingerprint density at radius 2 is 1.70 bits per heavy atom. The van der Waals surface area contributed by atoms with Gasteiger partial charge in [0, 0.05) is 0 Å². The lowest BCUT2D eigenvalue weighted by Crippen LogP contribution is -2.40. The van der Waals surface area contributed by atoms with Crippen molar-refractivity contribution in [3.63, 3.8) is 0 Å². The van der Waals surface area contributed by atoms with E-state index >= 15 is 0 Å². The minimum atomic E-state index is -3.52. The lowest BCUT2D eigenvalue weighted by Gasteiger charge is -2.31. The second-order valence-electron chi connectivity index (χ2n) is 5.47. The molecule has 2 saturated heterocycles. The van der Waals surface area contributed by atoms with E-state index in [0.29, 0.717) is 0 Å². The van der Waals surface area contributed by atoms with E-state index < -0.39 is 25.3 Å². The van der Waals surface area contributed by atoms with Crippen molar-refractivity contribution in [3.05, 3.63) is 0 Å². The molecule has 20 heavy (non-hydrogen) atoms. The summed E-state index contributed by atoms with van der Waals surface area (Å²) in [7, 11) is -3.52. The predicted molar refractivity (Wildman–Crippen MR) is 71.6 cm³/mol. The first-order valence-corrected chi connectivity index (χ1v) is 8.58. The summed E-state index contributed by atoms with van der Waals surface area (Å²) in [6.45, 7) is 9.32. The van der Waals surface area contributed by atoms with Gasteiger partial charge < -0.3 is 23.7 Å². The Hall–Kier alpha value is -0.0100. The topological polar surface area (TPSA) is 77.5 Å². The summed E-state index contributed by atoms with van der Waals surface area (Å²) in [6, 6.07) is -0.346. The average Bonchev–Trinajstić information content (AvgIpc) is 2.74. The van der Waals surface area contributed by atoms with Crippen LogP contribution in [0.15, 0.2) is 0 Å². The van der Waals surface area contributed by atoms with Gasteiger partial charge in [-0.05, 0) is 34.6 Å². The monoisotopic (exact) mass is 309 g/mol. The summed E-state index contributed by atoms with van der Waals surface area (Å²) >= 11 is 0. The number of rotatable bonds is 5. The number of hydroxylamine groups is 2. The molecule has 0 aromatic heterocycles. The van der Waals surface area contributed by atoms with Crippen LogP contribution in [0.2, 0.25) is 0 Å². The molecule has 0 radical (unpaired) electrons. The van der Waals surface area contributed by atoms with Crippen LogP contribution < -0.4 is 0 Å². The summed E-state index contributed by atoms with van der Waals surface area (Å²) in [5, 5.41) is 11.3. The van der Waals surface area contributed by atoms with Crippen molar-refractivity contribution >= 4 is 7.60 Å². The molecular formula is C12H24NO6P. The molecule has 2 rings (SSSR count). The van der Waals surface area contributed by atoms with E-state index in [0.717, 1.165) is 5.06 Å². The Balaban J connectivity index is 2.31. The molecular weight excluding hydrogens is 285 g/mol. The summed E-state index contributed by atoms with van der Waals surface area (Å²) < 4.78 is 35.2. The summed E-state index contributed by atoms with van der Waals surface area (Å²) in [6.07, 6.45) is -0.914. The highest BCUT2D eigenvalue weighted by molar-refractivity contribution is 7.54. The van der Waals surface area contributed by atoms with Crippen LogP contribution in [0.1, 0.15) is 34.6 Å². The third-order valence-corrected chi connectivity index (χ3v) is 5.98. The van der Waals surface area contributed by atoms with Crippen LogP contribution in [0.5, 0.6) is 0 Å². The van der Waals surface area contributed by atoms with Gasteiger partial charge in [0.15, 0.2) is 11.6 Å². The maximum Gasteiger partial charge on any atom is 0.352 e. The number of ether oxygens (including phenoxy) is 2. The van der Waals surface area contributed by atoms with Gasteiger partial charge in [0.2, 0.25) is 0 Å². The standard InChI is InChI=1S/C12H24NO6P/c1-6-16-20(15,17-7-2)11-10-9(8(3)13(11)14)18-12(4,5)19-10/h8-11,14H,6-7H2,1-5H3/t8-,9+,10+,11-/m0/s1. The Kier molecular flexibility index (Phi) is 4.62. The smallest absolute Gasteiger partial charge is 0.343 e. The van der Waals surface area contributed by atoms with Crippen LogP contribution in [0, 0.1) is 0 Å². The SMILES string of the molecule is CCOP(=O)(OCC)[C@H]1[C@@H]2OC(C)(C)O[C@@H]2[C@H](C)N1O. The van der Waals surface area contributed by atoms with E-state index in [9.17, 15) is 9.77 Å². The van der Waals surface area contributed by atoms with Crippen LogP contribution in [-0.4, -0.2) is 53.3 Å². The van der Waals surface area contributed by atoms with Crippen molar-refractivity contribution in [2.24, 2.45) is 0 Å². The van der Waals surface area contributed by atoms with E-state index in [1.54, 1.807) is 34.6 Å². The molecule has 0 aromatic carbocycles. The molecule has 0 bridgehead atoms. The fourth-order valence-corrected chi connectivity index (χ4v) is 5.03. The zero-order valence-electron chi connectivity index (χ0n) is 12.6. The first-order chi connectivity index (χ1) is 9.25. The van der Waals surface area contributed by atoms with Gasteiger partial charge in [0.1, 0.15) is 12.2 Å². The molecule has 0 spiro atoms. The van der Waals surface area contributed by atoms with Crippen molar-refractivity contribution in [1.29, 1.82) is 0 Å². The first-order valence-electron chi connectivity index (χ1n) is 6.97. The van der Waals surface area contributed by atoms with Gasteiger partial charge in [-0.3, -0.25) is 4.57 Å². The molecule has 0 aromatic rings. The van der Waals surface area contributed by atoms with E-state index in [1.165, 1.54) is 0 Å². The number of hydrogen-bond donors (Lipinski definition) is 1. The van der Waals surface area contributed by atoms with Gasteiger partial charge >= 0.3 is 7.60 Å². The van der Waals surface area contributed by atoms with Crippen molar-refractivity contribution in [3.8, 4) is 0 Å². The Morgan fingerprint density at radius 1 is 1.20 bits per heavy atom. The second-order valence-corrected chi connectivity index (χ2v) is 7.60. The zero-order chi connectivity index (χ0) is 15.1. The highest BCUT2D eigenvalue weighted by Crippen LogP contribution is 2.60. The van der Waals surface area contributed by atoms with Crippen LogP contribution in [-0.2, 0) is 23.1 Å². The summed E-state index contributed by atoms with van der Waals surface area (Å²) in [5.74, 6) is -1.64. The van der Waals surface area contributed by atoms with Gasteiger partial charge in [-0.25, -0.2) is 0 Å². The van der Waals surface area contributed by atoms with Gasteiger partial charge in [-0.15, -0.1) is 0 Å². The molecule has 2 heterocycles. The fraction of sp³-hybridized carbons (Fsp3) is 1.00. The molecule has 4 atom stereocenters. The Morgan fingerprint density at radius 3 is 2.20 bits per heavy atom. The molecule has 0 aliphatic carbocycles. The third-order valence-electron chi connectivity index (χ3n) is 3.56. The van der Waals surface area contributed by atoms with Crippen molar-refractivity contribution in [2.45, 2.75) is 64.4 Å². The van der Waals surface area contributed by atoms with E-state index in [2.05, 4.69) is 0 Å². The maximum atomic E-state index is 12.9. The Labute approximate surface area is 119 Å². The molecule has 2 aliphatic rings. The maximum absolute atomic E-state index is 12.9. The molecule has 1 N–H and O–H groups in total. The molecule has 7 nitrogen and oxygen atoms in total. The number of nitrogens with zero attached hydrogens (tertiary/aromatic N) is 1. The van der Waals surface area contributed by atoms with Gasteiger partial charge in [0.25, 0.3) is 0 Å². The normalized spacial score (nSPS) is 37.3. The van der Waals surface area contributed by atoms with Crippen LogP contribution >= 0.6 is 7.60 Å². The van der Waals surface area contributed by atoms with Crippen molar-refractivity contribution in [1.82, 2.24) is 5.06 Å². The van der Waals surface area contributed by atoms with Crippen LogP contribution in [0.4, 0.5) is 0 Å². The molecule has 0 unspecified atom stereocenters. The molecule has 0 amide bonds. The molecule has 2 aliphatic heterocycles. The lowest BCUT2D eigenvalue weighted by molar-refractivity contribution is -0.203. The largest absolute Gasteiger partial charge is 0.352 e. The third kappa shape index (κ3) is 2.68. The zero-order valence-corrected chi connectivity index (χ0v) is 13.5. The average molecular weight is 309 g/mol. The predicted octanol–water partition coefficient (Wildman–Crippen LogP) is 2.19. The molecule has 0 saturated carbocycles. The fourth-order valence-electron chi connectivity index (χ4n) is 2.84.